The van der Waals surface area contributed by atoms with Crippen molar-refractivity contribution in [3.05, 3.63) is 70.5 Å². The van der Waals surface area contributed by atoms with Crippen LogP contribution in [-0.2, 0) is 16.1 Å². The predicted molar refractivity (Wildman–Crippen MR) is 109 cm³/mol. The van der Waals surface area contributed by atoms with E-state index >= 15 is 0 Å². The van der Waals surface area contributed by atoms with Gasteiger partial charge >= 0.3 is 0 Å². The maximum Gasteiger partial charge on any atom is 0.244 e. The SMILES string of the molecule is Cc1ccc(-c2n[nH]c(=S)n2CCC(=O)NC(C(N)=O)c2ccccc2)cc1. The van der Waals surface area contributed by atoms with Crippen LogP contribution in [0.15, 0.2) is 54.6 Å². The van der Waals surface area contributed by atoms with E-state index in [4.69, 9.17) is 18.0 Å². The summed E-state index contributed by atoms with van der Waals surface area (Å²) in [6.07, 6.45) is 0.128. The van der Waals surface area contributed by atoms with Gasteiger partial charge in [0, 0.05) is 18.5 Å². The van der Waals surface area contributed by atoms with Gasteiger partial charge in [0.2, 0.25) is 11.8 Å². The van der Waals surface area contributed by atoms with Crippen molar-refractivity contribution in [3.63, 3.8) is 0 Å². The van der Waals surface area contributed by atoms with Gasteiger partial charge in [-0.3, -0.25) is 19.3 Å². The molecule has 0 saturated carbocycles. The molecule has 4 N–H and O–H groups in total. The monoisotopic (exact) mass is 395 g/mol. The third kappa shape index (κ3) is 4.52. The normalized spacial score (nSPS) is 11.8. The summed E-state index contributed by atoms with van der Waals surface area (Å²) in [5, 5.41) is 9.73. The van der Waals surface area contributed by atoms with Gasteiger partial charge in [0.05, 0.1) is 0 Å². The standard InChI is InChI=1S/C20H21N5O2S/c1-13-7-9-15(10-8-13)19-23-24-20(28)25(19)12-11-16(26)22-17(18(21)27)14-5-3-2-4-6-14/h2-10,17H,11-12H2,1H3,(H2,21,27)(H,22,26)(H,24,28). The fourth-order valence-electron chi connectivity index (χ4n) is 2.86. The van der Waals surface area contributed by atoms with Gasteiger partial charge < -0.3 is 11.1 Å². The number of hydrogen-bond donors (Lipinski definition) is 3. The van der Waals surface area contributed by atoms with Crippen molar-refractivity contribution in [1.29, 1.82) is 0 Å². The number of rotatable bonds is 7. The number of primary amides is 1. The van der Waals surface area contributed by atoms with Crippen LogP contribution in [0.3, 0.4) is 0 Å². The number of carbonyl (C=O) groups is 2. The zero-order chi connectivity index (χ0) is 20.1. The van der Waals surface area contributed by atoms with Crippen molar-refractivity contribution in [1.82, 2.24) is 20.1 Å². The van der Waals surface area contributed by atoms with Crippen LogP contribution >= 0.6 is 12.2 Å². The van der Waals surface area contributed by atoms with E-state index in [1.807, 2.05) is 37.3 Å². The van der Waals surface area contributed by atoms with Crippen molar-refractivity contribution >= 4 is 24.0 Å². The molecule has 1 atom stereocenters. The topological polar surface area (TPSA) is 106 Å². The Morgan fingerprint density at radius 2 is 1.86 bits per heavy atom. The molecular weight excluding hydrogens is 374 g/mol. The first-order valence-corrected chi connectivity index (χ1v) is 9.22. The molecule has 2 aromatic carbocycles. The van der Waals surface area contributed by atoms with Crippen LogP contribution < -0.4 is 11.1 Å². The minimum Gasteiger partial charge on any atom is -0.368 e. The van der Waals surface area contributed by atoms with Gasteiger partial charge in [-0.1, -0.05) is 60.2 Å². The molecule has 0 aliphatic rings. The van der Waals surface area contributed by atoms with Crippen LogP contribution in [-0.4, -0.2) is 26.6 Å². The Morgan fingerprint density at radius 1 is 1.18 bits per heavy atom. The van der Waals surface area contributed by atoms with Crippen molar-refractivity contribution in [2.24, 2.45) is 5.73 Å². The number of nitrogens with one attached hydrogen (secondary N) is 2. The van der Waals surface area contributed by atoms with Crippen LogP contribution in [0.2, 0.25) is 0 Å². The van der Waals surface area contributed by atoms with E-state index in [2.05, 4.69) is 15.5 Å². The molecule has 0 aliphatic heterocycles. The van der Waals surface area contributed by atoms with E-state index in [1.54, 1.807) is 28.8 Å². The molecule has 3 rings (SSSR count). The summed E-state index contributed by atoms with van der Waals surface area (Å²) in [5.41, 5.74) is 8.14. The predicted octanol–water partition coefficient (Wildman–Crippen LogP) is 2.65. The summed E-state index contributed by atoms with van der Waals surface area (Å²) in [6, 6.07) is 15.9. The third-order valence-electron chi connectivity index (χ3n) is 4.35. The lowest BCUT2D eigenvalue weighted by Gasteiger charge is -2.16. The second-order valence-corrected chi connectivity index (χ2v) is 6.82. The molecular formula is C20H21N5O2S. The zero-order valence-corrected chi connectivity index (χ0v) is 16.2. The lowest BCUT2D eigenvalue weighted by molar-refractivity contribution is -0.127. The number of nitrogens with two attached hydrogens (primary N) is 1. The lowest BCUT2D eigenvalue weighted by atomic mass is 10.1. The second-order valence-electron chi connectivity index (χ2n) is 6.43. The molecule has 1 heterocycles. The number of aryl methyl sites for hydroxylation is 1. The van der Waals surface area contributed by atoms with Crippen molar-refractivity contribution in [2.45, 2.75) is 25.9 Å². The number of aromatic nitrogens is 3. The van der Waals surface area contributed by atoms with E-state index in [1.165, 1.54) is 0 Å². The van der Waals surface area contributed by atoms with E-state index in [0.717, 1.165) is 11.1 Å². The molecule has 7 nitrogen and oxygen atoms in total. The zero-order valence-electron chi connectivity index (χ0n) is 15.4. The number of carbonyl (C=O) groups excluding carboxylic acids is 2. The summed E-state index contributed by atoms with van der Waals surface area (Å²) < 4.78 is 2.19. The first-order chi connectivity index (χ1) is 13.5. The largest absolute Gasteiger partial charge is 0.368 e. The molecule has 2 amide bonds. The Hall–Kier alpha value is -3.26. The van der Waals surface area contributed by atoms with Crippen LogP contribution in [0.25, 0.3) is 11.4 Å². The summed E-state index contributed by atoms with van der Waals surface area (Å²) >= 11 is 5.30. The maximum atomic E-state index is 12.4. The van der Waals surface area contributed by atoms with Gasteiger partial charge in [-0.25, -0.2) is 0 Å². The third-order valence-corrected chi connectivity index (χ3v) is 4.66. The molecule has 0 spiro atoms. The molecule has 8 heteroatoms. The van der Waals surface area contributed by atoms with Crippen LogP contribution in [0.4, 0.5) is 0 Å². The fourth-order valence-corrected chi connectivity index (χ4v) is 3.08. The molecule has 0 aliphatic carbocycles. The van der Waals surface area contributed by atoms with Gasteiger partial charge in [0.25, 0.3) is 0 Å². The van der Waals surface area contributed by atoms with Crippen molar-refractivity contribution in [3.8, 4) is 11.4 Å². The second kappa shape index (κ2) is 8.62. The molecule has 0 bridgehead atoms. The van der Waals surface area contributed by atoms with E-state index in [0.29, 0.717) is 22.7 Å². The van der Waals surface area contributed by atoms with Gasteiger partial charge in [-0.2, -0.15) is 5.10 Å². The highest BCUT2D eigenvalue weighted by atomic mass is 32.1. The van der Waals surface area contributed by atoms with Crippen LogP contribution in [0, 0.1) is 11.7 Å². The molecule has 1 unspecified atom stereocenters. The summed E-state index contributed by atoms with van der Waals surface area (Å²) in [5.74, 6) is -0.252. The average molecular weight is 395 g/mol. The highest BCUT2D eigenvalue weighted by Gasteiger charge is 2.20. The Balaban J connectivity index is 1.71. The first-order valence-electron chi connectivity index (χ1n) is 8.81. The van der Waals surface area contributed by atoms with Gasteiger partial charge in [0.1, 0.15) is 6.04 Å². The molecule has 0 fully saturated rings. The average Bonchev–Trinajstić information content (AvgIpc) is 3.06. The summed E-state index contributed by atoms with van der Waals surface area (Å²) in [6.45, 7) is 2.33. The Kier molecular flexibility index (Phi) is 6.00. The summed E-state index contributed by atoms with van der Waals surface area (Å²) in [7, 11) is 0. The number of nitrogens with zero attached hydrogens (tertiary/aromatic N) is 2. The van der Waals surface area contributed by atoms with Gasteiger partial charge in [-0.15, -0.1) is 0 Å². The maximum absolute atomic E-state index is 12.4. The van der Waals surface area contributed by atoms with Crippen LogP contribution in [0.5, 0.6) is 0 Å². The number of benzene rings is 2. The molecule has 144 valence electrons. The molecule has 3 aromatic rings. The smallest absolute Gasteiger partial charge is 0.244 e. The molecule has 0 saturated heterocycles. The highest BCUT2D eigenvalue weighted by Crippen LogP contribution is 2.18. The number of hydrogen-bond acceptors (Lipinski definition) is 4. The van der Waals surface area contributed by atoms with E-state index in [-0.39, 0.29) is 12.3 Å². The minimum atomic E-state index is -0.873. The van der Waals surface area contributed by atoms with E-state index < -0.39 is 11.9 Å². The van der Waals surface area contributed by atoms with Crippen molar-refractivity contribution in [2.75, 3.05) is 0 Å². The van der Waals surface area contributed by atoms with Gasteiger partial charge in [-0.05, 0) is 24.7 Å². The quantitative estimate of drug-likeness (QED) is 0.535. The van der Waals surface area contributed by atoms with Crippen LogP contribution in [0.1, 0.15) is 23.6 Å². The molecule has 1 aromatic heterocycles. The first kappa shape index (κ1) is 19.5. The minimum absolute atomic E-state index is 0.128. The summed E-state index contributed by atoms with van der Waals surface area (Å²) in [4.78, 5) is 24.2. The Bertz CT molecular complexity index is 1020. The highest BCUT2D eigenvalue weighted by molar-refractivity contribution is 7.71. The number of H-pyrrole nitrogens is 1. The fraction of sp³-hybridized carbons (Fsp3) is 0.200. The number of amides is 2. The van der Waals surface area contributed by atoms with Gasteiger partial charge in [0.15, 0.2) is 10.6 Å². The Morgan fingerprint density at radius 3 is 2.50 bits per heavy atom. The van der Waals surface area contributed by atoms with Crippen molar-refractivity contribution < 1.29 is 9.59 Å². The molecule has 0 radical (unpaired) electrons. The lowest BCUT2D eigenvalue weighted by Crippen LogP contribution is -2.37. The van der Waals surface area contributed by atoms with E-state index in [9.17, 15) is 9.59 Å². The number of aromatic amines is 1. The molecule has 28 heavy (non-hydrogen) atoms. The Labute approximate surface area is 167 Å².